The molecule has 0 spiro atoms. The van der Waals surface area contributed by atoms with Crippen LogP contribution in [0.2, 0.25) is 10.0 Å². The van der Waals surface area contributed by atoms with Crippen LogP contribution in [-0.4, -0.2) is 9.67 Å². The summed E-state index contributed by atoms with van der Waals surface area (Å²) in [6.07, 6.45) is 0. The molecule has 0 unspecified atom stereocenters. The van der Waals surface area contributed by atoms with Crippen LogP contribution in [0.15, 0.2) is 42.5 Å². The van der Waals surface area contributed by atoms with Crippen LogP contribution in [0.25, 0.3) is 10.9 Å². The minimum atomic E-state index is 0.0354. The molecule has 1 N–H and O–H groups in total. The monoisotopic (exact) mass is 319 g/mol. The van der Waals surface area contributed by atoms with E-state index in [1.165, 1.54) is 0 Å². The van der Waals surface area contributed by atoms with Crippen molar-refractivity contribution in [2.24, 2.45) is 0 Å². The minimum absolute atomic E-state index is 0.0354. The molecule has 4 heteroatoms. The third-order valence-corrected chi connectivity index (χ3v) is 4.45. The predicted molar refractivity (Wildman–Crippen MR) is 88.2 cm³/mol. The highest BCUT2D eigenvalue weighted by atomic mass is 35.5. The molecule has 0 fully saturated rings. The molecular weight excluding hydrogens is 305 g/mol. The summed E-state index contributed by atoms with van der Waals surface area (Å²) in [6, 6.07) is 13.6. The standard InChI is InChI=1S/C17H15Cl2NO/c1-11-15(10-21)14-4-2-3-5-17(14)20(11)9-12-6-7-13(18)8-16(12)19/h2-8,21H,9-10H2,1H3. The molecule has 0 aliphatic carbocycles. The van der Waals surface area contributed by atoms with Gasteiger partial charge >= 0.3 is 0 Å². The van der Waals surface area contributed by atoms with Crippen LogP contribution in [0, 0.1) is 6.92 Å². The first kappa shape index (κ1) is 14.5. The number of aliphatic hydroxyl groups excluding tert-OH is 1. The highest BCUT2D eigenvalue weighted by Crippen LogP contribution is 2.29. The fourth-order valence-corrected chi connectivity index (χ4v) is 3.19. The van der Waals surface area contributed by atoms with E-state index in [1.807, 2.05) is 37.3 Å². The van der Waals surface area contributed by atoms with Gasteiger partial charge in [0.2, 0.25) is 0 Å². The number of hydrogen-bond donors (Lipinski definition) is 1. The van der Waals surface area contributed by atoms with E-state index in [4.69, 9.17) is 23.2 Å². The smallest absolute Gasteiger partial charge is 0.0705 e. The maximum absolute atomic E-state index is 9.63. The van der Waals surface area contributed by atoms with Gasteiger partial charge < -0.3 is 9.67 Å². The van der Waals surface area contributed by atoms with E-state index in [2.05, 4.69) is 10.6 Å². The molecule has 0 amide bonds. The van der Waals surface area contributed by atoms with Crippen molar-refractivity contribution in [2.75, 3.05) is 0 Å². The number of benzene rings is 2. The van der Waals surface area contributed by atoms with Crippen LogP contribution in [0.4, 0.5) is 0 Å². The Hall–Kier alpha value is -1.48. The first-order valence-electron chi connectivity index (χ1n) is 6.73. The lowest BCUT2D eigenvalue weighted by atomic mass is 10.1. The van der Waals surface area contributed by atoms with E-state index in [9.17, 15) is 5.11 Å². The molecule has 0 radical (unpaired) electrons. The second-order valence-electron chi connectivity index (χ2n) is 5.06. The van der Waals surface area contributed by atoms with Crippen LogP contribution in [0.3, 0.4) is 0 Å². The second-order valence-corrected chi connectivity index (χ2v) is 5.90. The highest BCUT2D eigenvalue weighted by molar-refractivity contribution is 6.35. The van der Waals surface area contributed by atoms with Gasteiger partial charge in [0.15, 0.2) is 0 Å². The van der Waals surface area contributed by atoms with E-state index in [0.717, 1.165) is 27.7 Å². The minimum Gasteiger partial charge on any atom is -0.392 e. The molecule has 21 heavy (non-hydrogen) atoms. The molecule has 0 saturated heterocycles. The number of hydrogen-bond acceptors (Lipinski definition) is 1. The van der Waals surface area contributed by atoms with Crippen molar-refractivity contribution in [1.29, 1.82) is 0 Å². The van der Waals surface area contributed by atoms with Gasteiger partial charge in [-0.15, -0.1) is 0 Å². The summed E-state index contributed by atoms with van der Waals surface area (Å²) in [5, 5.41) is 12.0. The molecule has 3 aromatic rings. The molecular formula is C17H15Cl2NO. The summed E-state index contributed by atoms with van der Waals surface area (Å²) in [5.74, 6) is 0. The van der Waals surface area contributed by atoms with Crippen molar-refractivity contribution >= 4 is 34.1 Å². The highest BCUT2D eigenvalue weighted by Gasteiger charge is 2.14. The number of rotatable bonds is 3. The van der Waals surface area contributed by atoms with Crippen LogP contribution in [0.5, 0.6) is 0 Å². The largest absolute Gasteiger partial charge is 0.392 e. The van der Waals surface area contributed by atoms with E-state index >= 15 is 0 Å². The topological polar surface area (TPSA) is 25.2 Å². The molecule has 3 rings (SSSR count). The van der Waals surface area contributed by atoms with Crippen molar-refractivity contribution in [3.8, 4) is 0 Å². The van der Waals surface area contributed by atoms with E-state index in [1.54, 1.807) is 6.07 Å². The van der Waals surface area contributed by atoms with Crippen LogP contribution in [0.1, 0.15) is 16.8 Å². The van der Waals surface area contributed by atoms with Crippen molar-refractivity contribution in [2.45, 2.75) is 20.1 Å². The third kappa shape index (κ3) is 2.55. The fraction of sp³-hybridized carbons (Fsp3) is 0.176. The molecule has 108 valence electrons. The van der Waals surface area contributed by atoms with Gasteiger partial charge in [0.05, 0.1) is 6.61 Å². The van der Waals surface area contributed by atoms with Gasteiger partial charge in [0.25, 0.3) is 0 Å². The Labute approximate surface area is 133 Å². The summed E-state index contributed by atoms with van der Waals surface area (Å²) in [5.41, 5.74) is 4.14. The zero-order chi connectivity index (χ0) is 15.0. The number of fused-ring (bicyclic) bond motifs is 1. The van der Waals surface area contributed by atoms with Gasteiger partial charge in [-0.05, 0) is 30.7 Å². The normalized spacial score (nSPS) is 11.2. The molecule has 1 aromatic heterocycles. The van der Waals surface area contributed by atoms with Crippen LogP contribution >= 0.6 is 23.2 Å². The Balaban J connectivity index is 2.14. The molecule has 0 saturated carbocycles. The first-order chi connectivity index (χ1) is 10.1. The average Bonchev–Trinajstić information content (AvgIpc) is 2.74. The Morgan fingerprint density at radius 3 is 2.57 bits per heavy atom. The Morgan fingerprint density at radius 1 is 1.10 bits per heavy atom. The summed E-state index contributed by atoms with van der Waals surface area (Å²) < 4.78 is 2.18. The zero-order valence-corrected chi connectivity index (χ0v) is 13.1. The third-order valence-electron chi connectivity index (χ3n) is 3.86. The number of halogens is 2. The first-order valence-corrected chi connectivity index (χ1v) is 7.49. The van der Waals surface area contributed by atoms with Gasteiger partial charge in [0, 0.05) is 38.8 Å². The van der Waals surface area contributed by atoms with Crippen molar-refractivity contribution in [3.63, 3.8) is 0 Å². The summed E-state index contributed by atoms with van der Waals surface area (Å²) in [6.45, 7) is 2.71. The lowest BCUT2D eigenvalue weighted by molar-refractivity contribution is 0.282. The maximum Gasteiger partial charge on any atom is 0.0705 e. The van der Waals surface area contributed by atoms with Gasteiger partial charge in [-0.2, -0.15) is 0 Å². The van der Waals surface area contributed by atoms with E-state index in [0.29, 0.717) is 16.6 Å². The predicted octanol–water partition coefficient (Wildman–Crippen LogP) is 4.80. The van der Waals surface area contributed by atoms with E-state index < -0.39 is 0 Å². The van der Waals surface area contributed by atoms with Crippen molar-refractivity contribution in [3.05, 3.63) is 69.3 Å². The number of aromatic nitrogens is 1. The van der Waals surface area contributed by atoms with Crippen molar-refractivity contribution in [1.82, 2.24) is 4.57 Å². The fourth-order valence-electron chi connectivity index (χ4n) is 2.73. The zero-order valence-electron chi connectivity index (χ0n) is 11.6. The van der Waals surface area contributed by atoms with Gasteiger partial charge in [-0.25, -0.2) is 0 Å². The van der Waals surface area contributed by atoms with Gasteiger partial charge in [0.1, 0.15) is 0 Å². The number of nitrogens with zero attached hydrogens (tertiary/aromatic N) is 1. The summed E-state index contributed by atoms with van der Waals surface area (Å²) in [7, 11) is 0. The Morgan fingerprint density at radius 2 is 1.86 bits per heavy atom. The lowest BCUT2D eigenvalue weighted by Gasteiger charge is -2.10. The number of aliphatic hydroxyl groups is 1. The lowest BCUT2D eigenvalue weighted by Crippen LogP contribution is -2.03. The van der Waals surface area contributed by atoms with E-state index in [-0.39, 0.29) is 6.61 Å². The second kappa shape index (κ2) is 5.72. The molecule has 0 aliphatic heterocycles. The average molecular weight is 320 g/mol. The van der Waals surface area contributed by atoms with Crippen LogP contribution < -0.4 is 0 Å². The molecule has 2 aromatic carbocycles. The SMILES string of the molecule is Cc1c(CO)c2ccccc2n1Cc1ccc(Cl)cc1Cl. The molecule has 2 nitrogen and oxygen atoms in total. The number of para-hydroxylation sites is 1. The quantitative estimate of drug-likeness (QED) is 0.737. The summed E-state index contributed by atoms with van der Waals surface area (Å²) >= 11 is 12.2. The van der Waals surface area contributed by atoms with Crippen LogP contribution in [-0.2, 0) is 13.2 Å². The van der Waals surface area contributed by atoms with Crippen molar-refractivity contribution < 1.29 is 5.11 Å². The summed E-state index contributed by atoms with van der Waals surface area (Å²) in [4.78, 5) is 0. The maximum atomic E-state index is 9.63. The molecule has 1 heterocycles. The Kier molecular flexibility index (Phi) is 3.94. The van der Waals surface area contributed by atoms with Gasteiger partial charge in [-0.1, -0.05) is 47.5 Å². The molecule has 0 bridgehead atoms. The molecule has 0 atom stereocenters. The molecule has 0 aliphatic rings. The Bertz CT molecular complexity index is 808. The van der Waals surface area contributed by atoms with Gasteiger partial charge in [-0.3, -0.25) is 0 Å².